The van der Waals surface area contributed by atoms with Crippen LogP contribution in [-0.4, -0.2) is 27.0 Å². The number of aryl methyl sites for hydroxylation is 1. The normalized spacial score (nSPS) is 18.2. The smallest absolute Gasteiger partial charge is 0.301 e. The summed E-state index contributed by atoms with van der Waals surface area (Å²) < 4.78 is 0. The van der Waals surface area contributed by atoms with Gasteiger partial charge in [-0.2, -0.15) is 0 Å². The Bertz CT molecular complexity index is 1180. The van der Waals surface area contributed by atoms with Crippen LogP contribution in [0.15, 0.2) is 54.1 Å². The Morgan fingerprint density at radius 1 is 1.06 bits per heavy atom. The number of amides is 1. The molecule has 1 atom stereocenters. The van der Waals surface area contributed by atoms with Crippen molar-refractivity contribution in [1.82, 2.24) is 10.2 Å². The van der Waals surface area contributed by atoms with Gasteiger partial charge in [-0.05, 0) is 48.2 Å². The first-order valence-corrected chi connectivity index (χ1v) is 10.9. The number of halogens is 1. The second-order valence-corrected chi connectivity index (χ2v) is 9.20. The van der Waals surface area contributed by atoms with Crippen molar-refractivity contribution in [2.75, 3.05) is 4.90 Å². The molecule has 0 spiro atoms. The number of ketones is 1. The highest BCUT2D eigenvalue weighted by Crippen LogP contribution is 2.43. The van der Waals surface area contributed by atoms with E-state index in [1.807, 2.05) is 24.3 Å². The monoisotopic (exact) mass is 453 g/mol. The van der Waals surface area contributed by atoms with Crippen molar-refractivity contribution < 1.29 is 14.7 Å². The van der Waals surface area contributed by atoms with Gasteiger partial charge in [-0.15, -0.1) is 10.2 Å². The fourth-order valence-corrected chi connectivity index (χ4v) is 4.40. The molecule has 1 aliphatic rings. The summed E-state index contributed by atoms with van der Waals surface area (Å²) >= 11 is 7.18. The van der Waals surface area contributed by atoms with Crippen molar-refractivity contribution in [1.29, 1.82) is 0 Å². The van der Waals surface area contributed by atoms with E-state index in [-0.39, 0.29) is 11.3 Å². The number of carbonyl (C=O) groups is 2. The maximum atomic E-state index is 13.1. The van der Waals surface area contributed by atoms with Crippen LogP contribution < -0.4 is 4.90 Å². The van der Waals surface area contributed by atoms with Crippen LogP contribution >= 0.6 is 22.9 Å². The number of aromatic nitrogens is 2. The third-order valence-corrected chi connectivity index (χ3v) is 6.29. The minimum absolute atomic E-state index is 0.0115. The van der Waals surface area contributed by atoms with E-state index in [0.717, 1.165) is 5.56 Å². The number of benzene rings is 2. The molecule has 1 N–H and O–H groups in total. The minimum Gasteiger partial charge on any atom is -0.507 e. The van der Waals surface area contributed by atoms with Gasteiger partial charge in [0.15, 0.2) is 0 Å². The molecule has 6 nitrogen and oxygen atoms in total. The first-order chi connectivity index (χ1) is 14.8. The fourth-order valence-electron chi connectivity index (χ4n) is 3.56. The quantitative estimate of drug-likeness (QED) is 0.331. The average Bonchev–Trinajstić information content (AvgIpc) is 3.29. The summed E-state index contributed by atoms with van der Waals surface area (Å²) in [6, 6.07) is 13.3. The largest absolute Gasteiger partial charge is 0.507 e. The molecule has 1 amide bonds. The van der Waals surface area contributed by atoms with Crippen molar-refractivity contribution in [3.63, 3.8) is 0 Å². The molecular weight excluding hydrogens is 434 g/mol. The van der Waals surface area contributed by atoms with E-state index in [9.17, 15) is 14.7 Å². The van der Waals surface area contributed by atoms with Crippen LogP contribution in [0, 0.1) is 6.92 Å². The van der Waals surface area contributed by atoms with Crippen molar-refractivity contribution >= 4 is 45.5 Å². The summed E-state index contributed by atoms with van der Waals surface area (Å²) in [5.74, 6) is -1.43. The number of aliphatic hydroxyl groups is 1. The number of Topliss-reactive ketones (excluding diaryl/α,β-unsaturated/α-hetero) is 1. The summed E-state index contributed by atoms with van der Waals surface area (Å²) in [7, 11) is 0. The van der Waals surface area contributed by atoms with Crippen LogP contribution in [0.25, 0.3) is 5.76 Å². The Kier molecular flexibility index (Phi) is 5.64. The fraction of sp³-hybridized carbons (Fsp3) is 0.217. The highest BCUT2D eigenvalue weighted by atomic mass is 35.5. The summed E-state index contributed by atoms with van der Waals surface area (Å²) in [5, 5.41) is 20.6. The molecule has 1 unspecified atom stereocenters. The Morgan fingerprint density at radius 3 is 2.26 bits per heavy atom. The molecule has 3 aromatic rings. The van der Waals surface area contributed by atoms with Crippen LogP contribution in [0.4, 0.5) is 5.13 Å². The number of hydrogen-bond donors (Lipinski definition) is 1. The van der Waals surface area contributed by atoms with E-state index in [2.05, 4.69) is 24.0 Å². The molecule has 1 aromatic heterocycles. The standard InChI is InChI=1S/C23H20ClN3O3S/c1-12(2)14-4-6-15(7-5-14)19-18(20(28)16-8-10-17(24)11-9-16)21(29)22(30)27(19)23-26-25-13(3)31-23/h4-12,19,28H,1-3H3/b20-18+. The average molecular weight is 454 g/mol. The van der Waals surface area contributed by atoms with E-state index in [1.54, 1.807) is 31.2 Å². The maximum Gasteiger partial charge on any atom is 0.301 e. The van der Waals surface area contributed by atoms with Gasteiger partial charge in [0.25, 0.3) is 5.78 Å². The molecule has 0 saturated carbocycles. The second-order valence-electron chi connectivity index (χ2n) is 7.60. The van der Waals surface area contributed by atoms with Gasteiger partial charge in [0.05, 0.1) is 11.6 Å². The molecule has 0 aliphatic carbocycles. The second kappa shape index (κ2) is 8.24. The van der Waals surface area contributed by atoms with Gasteiger partial charge in [-0.25, -0.2) is 0 Å². The molecule has 158 valence electrons. The molecular formula is C23H20ClN3O3S. The molecule has 0 radical (unpaired) electrons. The van der Waals surface area contributed by atoms with Crippen LogP contribution in [0.5, 0.6) is 0 Å². The van der Waals surface area contributed by atoms with Gasteiger partial charge in [-0.1, -0.05) is 61.1 Å². The van der Waals surface area contributed by atoms with Gasteiger partial charge < -0.3 is 5.11 Å². The van der Waals surface area contributed by atoms with Crippen molar-refractivity contribution in [2.24, 2.45) is 0 Å². The molecule has 4 rings (SSSR count). The molecule has 0 bridgehead atoms. The Balaban J connectivity index is 1.91. The maximum absolute atomic E-state index is 13.1. The predicted octanol–water partition coefficient (Wildman–Crippen LogP) is 5.25. The van der Waals surface area contributed by atoms with Gasteiger partial charge in [0.1, 0.15) is 10.8 Å². The van der Waals surface area contributed by atoms with E-state index in [0.29, 0.717) is 32.2 Å². The Hall–Kier alpha value is -3.03. The van der Waals surface area contributed by atoms with E-state index >= 15 is 0 Å². The van der Waals surface area contributed by atoms with Gasteiger partial charge >= 0.3 is 5.91 Å². The van der Waals surface area contributed by atoms with Crippen molar-refractivity contribution in [3.05, 3.63) is 80.8 Å². The summed E-state index contributed by atoms with van der Waals surface area (Å²) in [6.07, 6.45) is 0. The summed E-state index contributed by atoms with van der Waals surface area (Å²) in [6.45, 7) is 5.95. The lowest BCUT2D eigenvalue weighted by Gasteiger charge is -2.23. The molecule has 2 aromatic carbocycles. The first-order valence-electron chi connectivity index (χ1n) is 9.75. The van der Waals surface area contributed by atoms with Crippen LogP contribution in [0.1, 0.15) is 47.5 Å². The number of rotatable bonds is 4. The number of aliphatic hydroxyl groups excluding tert-OH is 1. The highest BCUT2D eigenvalue weighted by Gasteiger charge is 2.48. The Morgan fingerprint density at radius 2 is 1.71 bits per heavy atom. The van der Waals surface area contributed by atoms with Crippen LogP contribution in [0.2, 0.25) is 5.02 Å². The molecule has 8 heteroatoms. The van der Waals surface area contributed by atoms with Crippen molar-refractivity contribution in [2.45, 2.75) is 32.7 Å². The number of hydrogen-bond acceptors (Lipinski definition) is 6. The van der Waals surface area contributed by atoms with Gasteiger partial charge in [0.2, 0.25) is 5.13 Å². The topological polar surface area (TPSA) is 83.4 Å². The zero-order valence-electron chi connectivity index (χ0n) is 17.2. The lowest BCUT2D eigenvalue weighted by atomic mass is 9.93. The molecule has 31 heavy (non-hydrogen) atoms. The number of carbonyl (C=O) groups excluding carboxylic acids is 2. The lowest BCUT2D eigenvalue weighted by Crippen LogP contribution is -2.29. The van der Waals surface area contributed by atoms with Gasteiger partial charge in [0, 0.05) is 10.6 Å². The van der Waals surface area contributed by atoms with E-state index < -0.39 is 17.7 Å². The SMILES string of the molecule is Cc1nnc(N2C(=O)C(=O)/C(=C(/O)c3ccc(Cl)cc3)C2c2ccc(C(C)C)cc2)s1. The van der Waals surface area contributed by atoms with Crippen LogP contribution in [-0.2, 0) is 9.59 Å². The minimum atomic E-state index is -0.816. The molecule has 2 heterocycles. The van der Waals surface area contributed by atoms with Crippen molar-refractivity contribution in [3.8, 4) is 0 Å². The summed E-state index contributed by atoms with van der Waals surface area (Å²) in [5.41, 5.74) is 2.24. The third kappa shape index (κ3) is 3.86. The van der Waals surface area contributed by atoms with E-state index in [4.69, 9.17) is 11.6 Å². The number of nitrogens with zero attached hydrogens (tertiary/aromatic N) is 3. The first kappa shape index (κ1) is 21.2. The lowest BCUT2D eigenvalue weighted by molar-refractivity contribution is -0.132. The van der Waals surface area contributed by atoms with Crippen LogP contribution in [0.3, 0.4) is 0 Å². The third-order valence-electron chi connectivity index (χ3n) is 5.20. The highest BCUT2D eigenvalue weighted by molar-refractivity contribution is 7.15. The Labute approximate surface area is 188 Å². The number of anilines is 1. The molecule has 1 aliphatic heterocycles. The summed E-state index contributed by atoms with van der Waals surface area (Å²) in [4.78, 5) is 27.4. The zero-order chi connectivity index (χ0) is 22.3. The van der Waals surface area contributed by atoms with E-state index in [1.165, 1.54) is 16.2 Å². The molecule has 1 saturated heterocycles. The van der Waals surface area contributed by atoms with Gasteiger partial charge in [-0.3, -0.25) is 14.5 Å². The predicted molar refractivity (Wildman–Crippen MR) is 121 cm³/mol. The zero-order valence-corrected chi connectivity index (χ0v) is 18.7. The molecule has 1 fully saturated rings.